The molecule has 2 heterocycles. The van der Waals surface area contributed by atoms with Crippen molar-refractivity contribution in [1.29, 1.82) is 0 Å². The van der Waals surface area contributed by atoms with Crippen LogP contribution in [0.15, 0.2) is 12.7 Å². The topological polar surface area (TPSA) is 170 Å². The van der Waals surface area contributed by atoms with E-state index in [-0.39, 0.29) is 37.9 Å². The standard InChI is InChI=1S/C24H41N6O7P/c1-7-8-9-11-34-23(32)24(5,6)29-38(33,36-12-10-19(31)37-17(2)3)16-35-18(4)13-30-15-28-20-21(25)26-14-27-22(20)30/h14-15,17-18H,7-13,16H2,1-6H3,(H,29,33)(H2,25,26,27)/t18-,38-/m1/s1. The number of nitrogens with one attached hydrogen (secondary N) is 1. The first kappa shape index (κ1) is 31.6. The Balaban J connectivity index is 2.06. The molecule has 38 heavy (non-hydrogen) atoms. The molecule has 0 aliphatic heterocycles. The third-order valence-electron chi connectivity index (χ3n) is 5.33. The molecule has 2 atom stereocenters. The summed E-state index contributed by atoms with van der Waals surface area (Å²) in [6.45, 7) is 10.8. The third kappa shape index (κ3) is 9.94. The number of nitrogens with two attached hydrogens (primary N) is 1. The lowest BCUT2D eigenvalue weighted by molar-refractivity contribution is -0.150. The zero-order chi connectivity index (χ0) is 28.3. The summed E-state index contributed by atoms with van der Waals surface area (Å²) >= 11 is 0. The molecule has 14 heteroatoms. The number of carbonyl (C=O) groups is 2. The maximum absolute atomic E-state index is 13.8. The number of carbonyl (C=O) groups excluding carboxylic acids is 2. The molecule has 0 amide bonds. The number of anilines is 1. The maximum Gasteiger partial charge on any atom is 0.326 e. The molecule has 0 unspecified atom stereocenters. The Kier molecular flexibility index (Phi) is 12.1. The van der Waals surface area contributed by atoms with Crippen LogP contribution in [0.4, 0.5) is 5.82 Å². The highest BCUT2D eigenvalue weighted by Gasteiger charge is 2.38. The number of esters is 2. The molecule has 3 N–H and O–H groups in total. The van der Waals surface area contributed by atoms with Crippen molar-refractivity contribution in [1.82, 2.24) is 24.6 Å². The predicted molar refractivity (Wildman–Crippen MR) is 142 cm³/mol. The number of ether oxygens (including phenoxy) is 3. The number of unbranched alkanes of at least 4 members (excludes halogenated alkanes) is 2. The van der Waals surface area contributed by atoms with Gasteiger partial charge in [-0.05, 0) is 41.0 Å². The zero-order valence-corrected chi connectivity index (χ0v) is 24.0. The molecule has 2 aromatic rings. The lowest BCUT2D eigenvalue weighted by Crippen LogP contribution is -2.47. The lowest BCUT2D eigenvalue weighted by atomic mass is 10.1. The highest BCUT2D eigenvalue weighted by Crippen LogP contribution is 2.45. The van der Waals surface area contributed by atoms with E-state index in [9.17, 15) is 14.2 Å². The number of fused-ring (bicyclic) bond motifs is 1. The van der Waals surface area contributed by atoms with Crippen molar-refractivity contribution in [3.05, 3.63) is 12.7 Å². The minimum atomic E-state index is -3.78. The predicted octanol–water partition coefficient (Wildman–Crippen LogP) is 3.42. The molecule has 0 fully saturated rings. The van der Waals surface area contributed by atoms with E-state index in [4.69, 9.17) is 24.5 Å². The summed E-state index contributed by atoms with van der Waals surface area (Å²) in [6, 6.07) is 0. The van der Waals surface area contributed by atoms with Gasteiger partial charge in [-0.2, -0.15) is 0 Å². The van der Waals surface area contributed by atoms with E-state index in [2.05, 4.69) is 27.0 Å². The van der Waals surface area contributed by atoms with Crippen LogP contribution in [0.25, 0.3) is 11.2 Å². The summed E-state index contributed by atoms with van der Waals surface area (Å²) in [5.74, 6) is -0.778. The second-order valence-corrected chi connectivity index (χ2v) is 11.9. The van der Waals surface area contributed by atoms with Crippen LogP contribution in [-0.2, 0) is 39.4 Å². The van der Waals surface area contributed by atoms with Gasteiger partial charge in [0.05, 0.1) is 44.7 Å². The van der Waals surface area contributed by atoms with E-state index in [0.29, 0.717) is 17.7 Å². The molecule has 0 bridgehead atoms. The maximum atomic E-state index is 13.8. The molecule has 0 spiro atoms. The molecule has 0 aromatic carbocycles. The van der Waals surface area contributed by atoms with E-state index in [1.165, 1.54) is 6.33 Å². The van der Waals surface area contributed by atoms with E-state index in [1.807, 2.05) is 0 Å². The van der Waals surface area contributed by atoms with Gasteiger partial charge in [0.2, 0.25) is 0 Å². The molecule has 0 radical (unpaired) electrons. The molecular formula is C24H41N6O7P. The monoisotopic (exact) mass is 556 g/mol. The first-order chi connectivity index (χ1) is 17.9. The van der Waals surface area contributed by atoms with Crippen molar-refractivity contribution < 1.29 is 32.9 Å². The van der Waals surface area contributed by atoms with Gasteiger partial charge in [-0.25, -0.2) is 20.0 Å². The van der Waals surface area contributed by atoms with E-state index in [0.717, 1.165) is 19.3 Å². The highest BCUT2D eigenvalue weighted by atomic mass is 31.2. The zero-order valence-electron chi connectivity index (χ0n) is 23.1. The molecule has 0 saturated carbocycles. The quantitative estimate of drug-likeness (QED) is 0.166. The number of imidazole rings is 1. The van der Waals surface area contributed by atoms with Crippen LogP contribution in [-0.4, -0.2) is 68.8 Å². The van der Waals surface area contributed by atoms with Crippen molar-refractivity contribution in [2.24, 2.45) is 0 Å². The summed E-state index contributed by atoms with van der Waals surface area (Å²) in [7, 11) is -3.78. The summed E-state index contributed by atoms with van der Waals surface area (Å²) in [5, 5.41) is 2.80. The van der Waals surface area contributed by atoms with Crippen LogP contribution in [0.5, 0.6) is 0 Å². The number of aromatic nitrogens is 4. The van der Waals surface area contributed by atoms with E-state index in [1.54, 1.807) is 45.5 Å². The van der Waals surface area contributed by atoms with Gasteiger partial charge in [-0.1, -0.05) is 19.8 Å². The molecule has 2 rings (SSSR count). The summed E-state index contributed by atoms with van der Waals surface area (Å²) in [6.07, 6.45) is 4.40. The Morgan fingerprint density at radius 2 is 1.89 bits per heavy atom. The lowest BCUT2D eigenvalue weighted by Gasteiger charge is -2.30. The fourth-order valence-corrected chi connectivity index (χ4v) is 5.44. The van der Waals surface area contributed by atoms with Crippen molar-refractivity contribution in [3.8, 4) is 0 Å². The van der Waals surface area contributed by atoms with Gasteiger partial charge in [0.25, 0.3) is 7.52 Å². The molecule has 0 aliphatic rings. The Morgan fingerprint density at radius 1 is 1.16 bits per heavy atom. The fraction of sp³-hybridized carbons (Fsp3) is 0.708. The Morgan fingerprint density at radius 3 is 2.58 bits per heavy atom. The van der Waals surface area contributed by atoms with Gasteiger partial charge >= 0.3 is 11.9 Å². The normalized spacial score (nSPS) is 14.4. The van der Waals surface area contributed by atoms with Crippen LogP contribution in [0.1, 0.15) is 67.2 Å². The number of hydrogen-bond donors (Lipinski definition) is 2. The van der Waals surface area contributed by atoms with Gasteiger partial charge in [-0.3, -0.25) is 14.2 Å². The van der Waals surface area contributed by atoms with Gasteiger partial charge in [0.15, 0.2) is 11.5 Å². The van der Waals surface area contributed by atoms with Crippen LogP contribution in [0, 0.1) is 0 Å². The Hall–Kier alpha value is -2.60. The third-order valence-corrected chi connectivity index (χ3v) is 7.32. The number of nitrogens with zero attached hydrogens (tertiary/aromatic N) is 4. The first-order valence-electron chi connectivity index (χ1n) is 12.8. The number of nitrogen functional groups attached to an aromatic ring is 1. The Labute approximate surface area is 223 Å². The molecule has 0 aliphatic carbocycles. The smallest absolute Gasteiger partial charge is 0.326 e. The largest absolute Gasteiger partial charge is 0.464 e. The van der Waals surface area contributed by atoms with Crippen molar-refractivity contribution in [3.63, 3.8) is 0 Å². The number of hydrogen-bond acceptors (Lipinski definition) is 11. The summed E-state index contributed by atoms with van der Waals surface area (Å²) < 4.78 is 37.5. The van der Waals surface area contributed by atoms with Crippen LogP contribution in [0.2, 0.25) is 0 Å². The second kappa shape index (κ2) is 14.5. The van der Waals surface area contributed by atoms with E-state index < -0.39 is 31.1 Å². The Bertz CT molecular complexity index is 1110. The van der Waals surface area contributed by atoms with Gasteiger partial charge in [0, 0.05) is 0 Å². The minimum Gasteiger partial charge on any atom is -0.464 e. The van der Waals surface area contributed by atoms with Gasteiger partial charge in [0.1, 0.15) is 23.7 Å². The fourth-order valence-electron chi connectivity index (χ4n) is 3.46. The molecular weight excluding hydrogens is 515 g/mol. The van der Waals surface area contributed by atoms with Crippen molar-refractivity contribution in [2.45, 2.75) is 91.5 Å². The van der Waals surface area contributed by atoms with Crippen LogP contribution >= 0.6 is 7.52 Å². The highest BCUT2D eigenvalue weighted by molar-refractivity contribution is 7.56. The molecule has 214 valence electrons. The second-order valence-electron chi connectivity index (χ2n) is 9.81. The van der Waals surface area contributed by atoms with E-state index >= 15 is 0 Å². The van der Waals surface area contributed by atoms with Crippen molar-refractivity contribution >= 4 is 36.4 Å². The summed E-state index contributed by atoms with van der Waals surface area (Å²) in [4.78, 5) is 37.0. The SMILES string of the molecule is CCCCCOC(=O)C(C)(C)N[P@@](=O)(CO[C@H](C)Cn1cnc2c(N)ncnc21)OCCC(=O)OC(C)C. The van der Waals surface area contributed by atoms with Crippen molar-refractivity contribution in [2.75, 3.05) is 25.3 Å². The summed E-state index contributed by atoms with van der Waals surface area (Å²) in [5.41, 5.74) is 5.53. The average Bonchev–Trinajstić information content (AvgIpc) is 3.23. The van der Waals surface area contributed by atoms with Crippen LogP contribution < -0.4 is 10.8 Å². The average molecular weight is 557 g/mol. The molecule has 13 nitrogen and oxygen atoms in total. The molecule has 2 aromatic heterocycles. The number of rotatable bonds is 17. The first-order valence-corrected chi connectivity index (χ1v) is 14.6. The van der Waals surface area contributed by atoms with Gasteiger partial charge in [-0.15, -0.1) is 0 Å². The molecule has 0 saturated heterocycles. The van der Waals surface area contributed by atoms with Gasteiger partial charge < -0.3 is 29.0 Å². The minimum absolute atomic E-state index is 0.108. The van der Waals surface area contributed by atoms with Crippen LogP contribution in [0.3, 0.4) is 0 Å².